The summed E-state index contributed by atoms with van der Waals surface area (Å²) in [7, 11) is 0. The minimum atomic E-state index is -5.52. The maximum atomic E-state index is 8.85. The molecule has 0 aliphatic carbocycles. The van der Waals surface area contributed by atoms with Crippen LogP contribution < -0.4 is 0 Å². The first-order valence-corrected chi connectivity index (χ1v) is 28.9. The Labute approximate surface area is 263 Å². The van der Waals surface area contributed by atoms with Crippen molar-refractivity contribution in [2.75, 3.05) is 0 Å². The first-order valence-electron chi connectivity index (χ1n) is 4.89. The Bertz CT molecular complexity index is 909. The third kappa shape index (κ3) is 5050. The average Bonchev–Trinajstić information content (AvgIpc) is 2.06. The van der Waals surface area contributed by atoms with E-state index in [0.717, 1.165) is 0 Å². The topological polar surface area (TPSA) is 522 Å². The normalized spacial score (nSPS) is 11.3. The molecule has 0 rings (SSSR count). The first-order chi connectivity index (χ1) is 14.0. The van der Waals surface area contributed by atoms with Crippen molar-refractivity contribution >= 4 is 51.4 Å². The summed E-state index contributed by atoms with van der Waals surface area (Å²) in [5.74, 6) is 0. The van der Waals surface area contributed by atoms with Gasteiger partial charge in [-0.3, -0.25) is 0 Å². The van der Waals surface area contributed by atoms with Crippen LogP contribution in [0.4, 0.5) is 0 Å². The van der Waals surface area contributed by atoms with Gasteiger partial charge in [-0.1, -0.05) is 0 Å². The number of rotatable bonds is 0. The van der Waals surface area contributed by atoms with Crippen LogP contribution in [-0.2, 0) is 165 Å². The Morgan fingerprint density at radius 2 is 0.194 bits per heavy atom. The molecule has 0 aliphatic rings. The molecule has 0 aromatic heterocycles. The second-order valence-electron chi connectivity index (χ2n) is 3.13. The van der Waals surface area contributed by atoms with E-state index in [-0.39, 0.29) is 51.4 Å². The van der Waals surface area contributed by atoms with Crippen LogP contribution in [0.1, 0.15) is 0 Å². The molecular weight excluding hydrogens is 1160 g/mol. The minimum absolute atomic E-state index is 0. The van der Waals surface area contributed by atoms with Gasteiger partial charge in [-0.2, -0.15) is 0 Å². The van der Waals surface area contributed by atoms with E-state index in [1.165, 1.54) is 0 Å². The summed E-state index contributed by atoms with van der Waals surface area (Å²) >= 11 is -38.6. The Morgan fingerprint density at radius 3 is 0.194 bits per heavy atom. The summed E-state index contributed by atoms with van der Waals surface area (Å²) in [4.78, 5) is 0. The molecule has 36 heteroatoms. The molecule has 0 aromatic carbocycles. The molecule has 0 saturated heterocycles. The third-order valence-corrected chi connectivity index (χ3v) is 0. The fourth-order valence-electron chi connectivity index (χ4n) is 0. The van der Waals surface area contributed by atoms with Gasteiger partial charge in [0.05, 0.1) is 0 Å². The van der Waals surface area contributed by atoms with Crippen molar-refractivity contribution in [3.8, 4) is 0 Å². The molecule has 225 valence electrons. The Hall–Kier alpha value is 3.09. The van der Waals surface area contributed by atoms with Gasteiger partial charge in [0.1, 0.15) is 0 Å². The molecule has 0 spiro atoms. The number of hydrogen-bond acceptors (Lipinski definition) is 14. The van der Waals surface area contributed by atoms with Crippen LogP contribution in [0.5, 0.6) is 0 Å². The monoisotopic (exact) mass is 1190 g/mol. The van der Waals surface area contributed by atoms with Crippen molar-refractivity contribution in [1.29, 1.82) is 0 Å². The molecule has 0 atom stereocenters. The van der Waals surface area contributed by atoms with Crippen LogP contribution in [-0.4, -0.2) is 104 Å². The third-order valence-electron chi connectivity index (χ3n) is 0. The predicted molar refractivity (Wildman–Crippen MR) is 46.4 cm³/mol. The van der Waals surface area contributed by atoms with Gasteiger partial charge in [-0.15, -0.1) is 0 Å². The van der Waals surface area contributed by atoms with Gasteiger partial charge in [-0.05, 0) is 0 Å². The van der Waals surface area contributed by atoms with Gasteiger partial charge >= 0.3 is 217 Å². The fourth-order valence-corrected chi connectivity index (χ4v) is 0. The van der Waals surface area contributed by atoms with Crippen molar-refractivity contribution < 1.29 is 217 Å². The maximum absolute atomic E-state index is 8.85. The average molecular weight is 1170 g/mol. The van der Waals surface area contributed by atoms with Crippen molar-refractivity contribution in [3.05, 3.63) is 0 Å². The summed E-state index contributed by atoms with van der Waals surface area (Å²) in [5.41, 5.74) is 0. The van der Waals surface area contributed by atoms with E-state index >= 15 is 0 Å². The predicted octanol–water partition coefficient (Wildman–Crippen LogP) is -9.86. The van der Waals surface area contributed by atoms with E-state index in [2.05, 4.69) is 0 Å². The van der Waals surface area contributed by atoms with Crippen LogP contribution in [0, 0.1) is 0 Å². The summed E-state index contributed by atoms with van der Waals surface area (Å²) < 4.78 is 224. The summed E-state index contributed by atoms with van der Waals surface area (Å²) in [6, 6.07) is 0. The van der Waals surface area contributed by atoms with Crippen LogP contribution in [0.15, 0.2) is 0 Å². The molecule has 14 N–H and O–H groups in total. The van der Waals surface area contributed by atoms with E-state index < -0.39 is 117 Å². The molecule has 0 fully saturated rings. The van der Waals surface area contributed by atoms with Gasteiger partial charge in [0.2, 0.25) is 0 Å². The summed E-state index contributed by atoms with van der Waals surface area (Å²) in [6.45, 7) is 0. The standard InChI is InChI=1S/K.7Mo.14H2O.14O/h;;;;;;;;14*1H2;;;;;;;;;;;;;;/q;7*+2;;;;;;;;;;;;;;;;;;;;;;;;;;;;/p-14. The molecule has 0 bridgehead atoms. The molecule has 0 aromatic rings. The van der Waals surface area contributed by atoms with Crippen molar-refractivity contribution in [3.63, 3.8) is 0 Å². The zero-order valence-corrected chi connectivity index (χ0v) is 33.0. The Kier molecular flexibility index (Phi) is 42.0. The Morgan fingerprint density at radius 1 is 0.194 bits per heavy atom. The van der Waals surface area contributed by atoms with Crippen molar-refractivity contribution in [2.45, 2.75) is 0 Å². The zero-order chi connectivity index (χ0) is 31.5. The molecule has 0 heterocycles. The van der Waals surface area contributed by atoms with Crippen LogP contribution in [0.3, 0.4) is 0 Å². The molecule has 1 radical (unpaired) electrons. The van der Waals surface area contributed by atoms with Gasteiger partial charge < -0.3 is 0 Å². The molecule has 0 saturated carbocycles. The second kappa shape index (κ2) is 25.8. The van der Waals surface area contributed by atoms with Gasteiger partial charge in [0, 0.05) is 51.4 Å². The number of hydrogen-bond donors (Lipinski definition) is 14. The second-order valence-corrected chi connectivity index (χ2v) is 18.5. The van der Waals surface area contributed by atoms with E-state index in [1.54, 1.807) is 0 Å². The quantitative estimate of drug-likeness (QED) is 0.100. The zero-order valence-electron chi connectivity index (χ0n) is 15.8. The fraction of sp³-hybridized carbons (Fsp3) is 0. The molecule has 36 heavy (non-hydrogen) atoms. The van der Waals surface area contributed by atoms with E-state index in [0.29, 0.717) is 0 Å². The van der Waals surface area contributed by atoms with Gasteiger partial charge in [-0.25, -0.2) is 0 Å². The summed E-state index contributed by atoms with van der Waals surface area (Å²) in [5, 5.41) is 0. The molecule has 0 unspecified atom stereocenters. The van der Waals surface area contributed by atoms with Crippen LogP contribution in [0.25, 0.3) is 0 Å². The molecule has 0 aliphatic heterocycles. The van der Waals surface area contributed by atoms with Gasteiger partial charge in [0.25, 0.3) is 0 Å². The van der Waals surface area contributed by atoms with E-state index in [9.17, 15) is 0 Å². The van der Waals surface area contributed by atoms with Crippen LogP contribution in [0.2, 0.25) is 0 Å². The van der Waals surface area contributed by atoms with Gasteiger partial charge in [0.15, 0.2) is 0 Å². The van der Waals surface area contributed by atoms with Crippen LogP contribution >= 0.6 is 0 Å². The van der Waals surface area contributed by atoms with E-state index in [4.69, 9.17) is 100 Å². The first kappa shape index (κ1) is 58.7. The summed E-state index contributed by atoms with van der Waals surface area (Å²) in [6.07, 6.45) is 0. The molecule has 28 nitrogen and oxygen atoms in total. The molecular formula is H14KMo7O28. The van der Waals surface area contributed by atoms with Crippen molar-refractivity contribution in [1.82, 2.24) is 0 Å². The van der Waals surface area contributed by atoms with E-state index in [1.807, 2.05) is 0 Å². The SMILES string of the molecule is [K].[O]=[Mo](=[O])([OH])[OH].[O]=[Mo](=[O])([OH])[OH].[O]=[Mo](=[O])([OH])[OH].[O]=[Mo](=[O])([OH])[OH].[O]=[Mo](=[O])([OH])[OH].[O]=[Mo](=[O])([OH])[OH].[O]=[Mo](=[O])([OH])[OH]. The molecule has 0 amide bonds. The Balaban J connectivity index is -0.0000000422. The van der Waals surface area contributed by atoms with Crippen molar-refractivity contribution in [2.24, 2.45) is 0 Å².